The van der Waals surface area contributed by atoms with E-state index in [4.69, 9.17) is 13.3 Å². The summed E-state index contributed by atoms with van der Waals surface area (Å²) in [5, 5.41) is 2.89. The first-order valence-corrected chi connectivity index (χ1v) is 9.47. The Bertz CT molecular complexity index is 348. The fraction of sp³-hybridized carbons (Fsp3) is 0.917. The lowest BCUT2D eigenvalue weighted by atomic mass is 10.1. The molecule has 1 N–H and O–H groups in total. The van der Waals surface area contributed by atoms with Gasteiger partial charge in [0.05, 0.1) is 22.6 Å². The first-order chi connectivity index (χ1) is 8.73. The summed E-state index contributed by atoms with van der Waals surface area (Å²) >= 11 is 3.33. The highest BCUT2D eigenvalue weighted by Crippen LogP contribution is 2.40. The van der Waals surface area contributed by atoms with Gasteiger partial charge in [0.25, 0.3) is 0 Å². The van der Waals surface area contributed by atoms with Crippen LogP contribution in [-0.2, 0) is 18.1 Å². The van der Waals surface area contributed by atoms with E-state index in [9.17, 15) is 4.79 Å². The summed E-state index contributed by atoms with van der Waals surface area (Å²) in [6.45, 7) is 8.34. The Morgan fingerprint density at radius 1 is 1.26 bits per heavy atom. The minimum atomic E-state index is -2.44. The monoisotopic (exact) mass is 351 g/mol. The largest absolute Gasteiger partial charge is 0.502 e. The number of nitrogens with one attached hydrogen (secondary N) is 1. The topological polar surface area (TPSA) is 56.8 Å². The van der Waals surface area contributed by atoms with Crippen LogP contribution in [0.25, 0.3) is 0 Å². The van der Waals surface area contributed by atoms with E-state index in [1.807, 2.05) is 27.7 Å². The van der Waals surface area contributed by atoms with E-state index in [1.165, 1.54) is 0 Å². The number of alkyl halides is 1. The van der Waals surface area contributed by atoms with Gasteiger partial charge in [-0.25, -0.2) is 0 Å². The predicted octanol–water partition coefficient (Wildman–Crippen LogP) is 1.83. The standard InChI is InChI=1S/C12H22BrNO4Si/c1-8-10-9(2)17-19(16-8,18-10)7-5-6-14-11(15)12(3,4)13/h8-10H,5-7H2,1-4H3,(H,14,15)/t8-,9+,10?,19?. The van der Waals surface area contributed by atoms with Crippen LogP contribution in [-0.4, -0.2) is 43.9 Å². The molecule has 2 aliphatic rings. The van der Waals surface area contributed by atoms with Crippen LogP contribution < -0.4 is 5.32 Å². The molecule has 2 heterocycles. The van der Waals surface area contributed by atoms with E-state index in [0.29, 0.717) is 6.54 Å². The van der Waals surface area contributed by atoms with Crippen molar-refractivity contribution in [2.24, 2.45) is 0 Å². The molecule has 2 aliphatic heterocycles. The van der Waals surface area contributed by atoms with Crippen molar-refractivity contribution in [3.05, 3.63) is 0 Å². The highest BCUT2D eigenvalue weighted by Gasteiger charge is 2.60. The number of rotatable bonds is 5. The van der Waals surface area contributed by atoms with Crippen LogP contribution in [0.5, 0.6) is 0 Å². The van der Waals surface area contributed by atoms with Crippen molar-refractivity contribution in [3.63, 3.8) is 0 Å². The van der Waals surface area contributed by atoms with Gasteiger partial charge >= 0.3 is 8.80 Å². The third kappa shape index (κ3) is 3.39. The lowest BCUT2D eigenvalue weighted by molar-refractivity contribution is -0.122. The van der Waals surface area contributed by atoms with Gasteiger partial charge in [-0.15, -0.1) is 0 Å². The third-order valence-corrected chi connectivity index (χ3v) is 6.88. The summed E-state index contributed by atoms with van der Waals surface area (Å²) in [5.41, 5.74) is 0. The smallest absolute Gasteiger partial charge is 0.368 e. The third-order valence-electron chi connectivity index (χ3n) is 3.46. The summed E-state index contributed by atoms with van der Waals surface area (Å²) in [4.78, 5) is 11.7. The molecule has 0 spiro atoms. The van der Waals surface area contributed by atoms with E-state index in [1.54, 1.807) is 0 Å². The molecule has 0 aromatic rings. The maximum absolute atomic E-state index is 11.7. The van der Waals surface area contributed by atoms with Crippen LogP contribution in [0.3, 0.4) is 0 Å². The average molecular weight is 352 g/mol. The van der Waals surface area contributed by atoms with Crippen molar-refractivity contribution < 1.29 is 18.1 Å². The Kier molecular flexibility index (Phi) is 4.42. The Labute approximate surface area is 123 Å². The molecular formula is C12H22BrNO4Si. The van der Waals surface area contributed by atoms with Gasteiger partial charge in [-0.1, -0.05) is 15.9 Å². The molecule has 0 radical (unpaired) electrons. The van der Waals surface area contributed by atoms with E-state index >= 15 is 0 Å². The van der Waals surface area contributed by atoms with Crippen molar-refractivity contribution in [2.75, 3.05) is 6.54 Å². The SMILES string of the molecule is C[C@@H]1O[Si]2(CCCNC(=O)C(C)(C)Br)OC1[C@@H](C)O2. The van der Waals surface area contributed by atoms with Gasteiger partial charge < -0.3 is 18.6 Å². The molecule has 2 unspecified atom stereocenters. The van der Waals surface area contributed by atoms with Crippen LogP contribution in [0.4, 0.5) is 0 Å². The van der Waals surface area contributed by atoms with Gasteiger partial charge in [0, 0.05) is 12.6 Å². The zero-order valence-electron chi connectivity index (χ0n) is 11.9. The molecule has 0 aromatic carbocycles. The van der Waals surface area contributed by atoms with Crippen LogP contribution in [0.2, 0.25) is 6.04 Å². The lowest BCUT2D eigenvalue weighted by Gasteiger charge is -2.26. The molecule has 19 heavy (non-hydrogen) atoms. The Balaban J connectivity index is 1.74. The Morgan fingerprint density at radius 3 is 2.32 bits per heavy atom. The number of halogens is 1. The molecule has 1 amide bonds. The molecule has 2 bridgehead atoms. The maximum Gasteiger partial charge on any atom is 0.502 e. The second-order valence-corrected chi connectivity index (χ2v) is 10.3. The average Bonchev–Trinajstić information content (AvgIpc) is 2.76. The van der Waals surface area contributed by atoms with Crippen molar-refractivity contribution >= 4 is 30.6 Å². The fourth-order valence-corrected chi connectivity index (χ4v) is 5.93. The minimum Gasteiger partial charge on any atom is -0.368 e. The van der Waals surface area contributed by atoms with Gasteiger partial charge in [-0.2, -0.15) is 0 Å². The van der Waals surface area contributed by atoms with Crippen molar-refractivity contribution in [2.45, 2.75) is 62.8 Å². The number of carbonyl (C=O) groups is 1. The molecule has 0 aromatic heterocycles. The van der Waals surface area contributed by atoms with E-state index in [-0.39, 0.29) is 24.2 Å². The number of hydrogen-bond acceptors (Lipinski definition) is 4. The number of carbonyl (C=O) groups excluding carboxylic acids is 1. The first kappa shape index (κ1) is 15.4. The van der Waals surface area contributed by atoms with Crippen LogP contribution in [0.1, 0.15) is 34.1 Å². The quantitative estimate of drug-likeness (QED) is 0.466. The first-order valence-electron chi connectivity index (χ1n) is 6.74. The molecule has 0 aliphatic carbocycles. The second-order valence-electron chi connectivity index (χ2n) is 5.74. The zero-order valence-corrected chi connectivity index (χ0v) is 14.5. The van der Waals surface area contributed by atoms with Gasteiger partial charge in [-0.05, 0) is 34.1 Å². The molecule has 5 nitrogen and oxygen atoms in total. The normalized spacial score (nSPS) is 37.6. The summed E-state index contributed by atoms with van der Waals surface area (Å²) in [7, 11) is -2.44. The van der Waals surface area contributed by atoms with Gasteiger partial charge in [0.1, 0.15) is 0 Å². The van der Waals surface area contributed by atoms with Crippen LogP contribution >= 0.6 is 15.9 Å². The second kappa shape index (κ2) is 5.44. The van der Waals surface area contributed by atoms with Crippen LogP contribution in [0.15, 0.2) is 0 Å². The number of amides is 1. The molecule has 0 saturated carbocycles. The zero-order chi connectivity index (χ0) is 14.3. The maximum atomic E-state index is 11.7. The van der Waals surface area contributed by atoms with E-state index < -0.39 is 13.1 Å². The molecule has 7 heteroatoms. The summed E-state index contributed by atoms with van der Waals surface area (Å²) < 4.78 is 17.1. The van der Waals surface area contributed by atoms with Gasteiger partial charge in [0.2, 0.25) is 5.91 Å². The van der Waals surface area contributed by atoms with Crippen molar-refractivity contribution in [1.29, 1.82) is 0 Å². The summed E-state index contributed by atoms with van der Waals surface area (Å²) in [6.07, 6.45) is 1.16. The Hall–Kier alpha value is 0.0469. The highest BCUT2D eigenvalue weighted by atomic mass is 79.9. The lowest BCUT2D eigenvalue weighted by Crippen LogP contribution is -2.44. The van der Waals surface area contributed by atoms with E-state index in [0.717, 1.165) is 12.5 Å². The summed E-state index contributed by atoms with van der Waals surface area (Å²) in [5.74, 6) is -0.00752. The predicted molar refractivity (Wildman–Crippen MR) is 77.2 cm³/mol. The van der Waals surface area contributed by atoms with Crippen molar-refractivity contribution in [3.8, 4) is 0 Å². The van der Waals surface area contributed by atoms with Gasteiger partial charge in [0.15, 0.2) is 0 Å². The molecule has 2 fully saturated rings. The van der Waals surface area contributed by atoms with Crippen molar-refractivity contribution in [1.82, 2.24) is 5.32 Å². The summed E-state index contributed by atoms with van der Waals surface area (Å²) in [6, 6.07) is 0.765. The minimum absolute atomic E-state index is 0.00752. The molecule has 2 saturated heterocycles. The number of fused-ring (bicyclic) bond motifs is 2. The fourth-order valence-electron chi connectivity index (χ4n) is 2.46. The molecule has 4 atom stereocenters. The van der Waals surface area contributed by atoms with Gasteiger partial charge in [-0.3, -0.25) is 4.79 Å². The highest BCUT2D eigenvalue weighted by molar-refractivity contribution is 9.10. The molecule has 110 valence electrons. The molecular weight excluding hydrogens is 330 g/mol. The number of hydrogen-bond donors (Lipinski definition) is 1. The molecule has 2 rings (SSSR count). The van der Waals surface area contributed by atoms with E-state index in [2.05, 4.69) is 21.2 Å². The Morgan fingerprint density at radius 2 is 1.84 bits per heavy atom. The van der Waals surface area contributed by atoms with Crippen LogP contribution in [0, 0.1) is 0 Å².